The Morgan fingerprint density at radius 1 is 1.42 bits per heavy atom. The first-order valence-electron chi connectivity index (χ1n) is 5.83. The molecule has 0 saturated carbocycles. The minimum atomic E-state index is -0.535. The Kier molecular flexibility index (Phi) is 3.70. The number of para-hydroxylation sites is 1. The zero-order valence-corrected chi connectivity index (χ0v) is 10.7. The Hall–Kier alpha value is -2.50. The summed E-state index contributed by atoms with van der Waals surface area (Å²) in [4.78, 5) is 22.9. The number of nitrogens with zero attached hydrogens (tertiary/aromatic N) is 3. The summed E-state index contributed by atoms with van der Waals surface area (Å²) in [5.74, 6) is -0.999. The molecule has 0 aromatic heterocycles. The largest absolute Gasteiger partial charge is 0.274 e. The predicted molar refractivity (Wildman–Crippen MR) is 72.8 cm³/mol. The van der Waals surface area contributed by atoms with Crippen molar-refractivity contribution in [1.82, 2.24) is 5.43 Å². The summed E-state index contributed by atoms with van der Waals surface area (Å²) in [7, 11) is 0. The number of anilines is 1. The molecule has 1 aromatic carbocycles. The van der Waals surface area contributed by atoms with Crippen LogP contribution in [0.25, 0.3) is 0 Å². The normalized spacial score (nSPS) is 18.8. The van der Waals surface area contributed by atoms with Crippen LogP contribution in [0.4, 0.5) is 5.69 Å². The van der Waals surface area contributed by atoms with Crippen molar-refractivity contribution < 1.29 is 9.59 Å². The van der Waals surface area contributed by atoms with E-state index in [1.54, 1.807) is 6.92 Å². The van der Waals surface area contributed by atoms with Crippen molar-refractivity contribution in [2.45, 2.75) is 13.8 Å². The van der Waals surface area contributed by atoms with Crippen molar-refractivity contribution in [3.8, 4) is 0 Å². The smallest absolute Gasteiger partial charge is 0.261 e. The van der Waals surface area contributed by atoms with Crippen molar-refractivity contribution in [1.29, 1.82) is 0 Å². The van der Waals surface area contributed by atoms with E-state index in [1.165, 1.54) is 18.1 Å². The average Bonchev–Trinajstić information content (AvgIpc) is 2.67. The Bertz CT molecular complexity index is 551. The van der Waals surface area contributed by atoms with Gasteiger partial charge in [-0.3, -0.25) is 9.59 Å². The highest BCUT2D eigenvalue weighted by atomic mass is 16.2. The lowest BCUT2D eigenvalue weighted by atomic mass is 10.1. The molecule has 0 fully saturated rings. The molecule has 19 heavy (non-hydrogen) atoms. The molecule has 6 heteroatoms. The molecule has 0 aliphatic carbocycles. The number of hydrogen-bond donors (Lipinski definition) is 1. The number of benzene rings is 1. The SMILES string of the molecule is CC(=O)N/N=C\[C@@H]1C(=O)N(c2ccccc2)N=C1C. The number of rotatable bonds is 3. The number of hydrogen-bond acceptors (Lipinski definition) is 4. The molecule has 1 N–H and O–H groups in total. The molecule has 98 valence electrons. The molecule has 1 aliphatic rings. The number of amides is 2. The standard InChI is InChI=1S/C13H14N4O2/c1-9-12(8-14-15-10(2)18)13(19)17(16-9)11-6-4-3-5-7-11/h3-8,12H,1-2H3,(H,15,18)/b14-8-/t12-/m0/s1. The van der Waals surface area contributed by atoms with E-state index in [9.17, 15) is 9.59 Å². The molecule has 0 spiro atoms. The highest BCUT2D eigenvalue weighted by molar-refractivity contribution is 6.23. The van der Waals surface area contributed by atoms with Gasteiger partial charge >= 0.3 is 0 Å². The maximum atomic E-state index is 12.2. The molecule has 1 heterocycles. The zero-order chi connectivity index (χ0) is 13.8. The van der Waals surface area contributed by atoms with Crippen molar-refractivity contribution in [3.63, 3.8) is 0 Å². The van der Waals surface area contributed by atoms with E-state index in [4.69, 9.17) is 0 Å². The lowest BCUT2D eigenvalue weighted by Gasteiger charge is -2.12. The van der Waals surface area contributed by atoms with Crippen molar-refractivity contribution in [2.75, 3.05) is 5.01 Å². The molecule has 0 unspecified atom stereocenters. The Labute approximate surface area is 110 Å². The van der Waals surface area contributed by atoms with Crippen LogP contribution in [0.1, 0.15) is 13.8 Å². The fourth-order valence-electron chi connectivity index (χ4n) is 1.71. The van der Waals surface area contributed by atoms with E-state index in [0.717, 1.165) is 0 Å². The Balaban J connectivity index is 2.15. The summed E-state index contributed by atoms with van der Waals surface area (Å²) in [6.07, 6.45) is 1.39. The molecule has 2 amide bonds. The predicted octanol–water partition coefficient (Wildman–Crippen LogP) is 1.15. The summed E-state index contributed by atoms with van der Waals surface area (Å²) in [5, 5.41) is 9.29. The molecular weight excluding hydrogens is 244 g/mol. The van der Waals surface area contributed by atoms with E-state index < -0.39 is 5.92 Å². The van der Waals surface area contributed by atoms with Gasteiger partial charge in [0.25, 0.3) is 5.91 Å². The first-order chi connectivity index (χ1) is 9.09. The van der Waals surface area contributed by atoms with Crippen molar-refractivity contribution in [3.05, 3.63) is 30.3 Å². The van der Waals surface area contributed by atoms with Crippen LogP contribution in [-0.2, 0) is 9.59 Å². The molecule has 0 bridgehead atoms. The van der Waals surface area contributed by atoms with Crippen LogP contribution < -0.4 is 10.4 Å². The van der Waals surface area contributed by atoms with Gasteiger partial charge in [-0.15, -0.1) is 0 Å². The molecule has 0 saturated heterocycles. The summed E-state index contributed by atoms with van der Waals surface area (Å²) in [5.41, 5.74) is 3.62. The van der Waals surface area contributed by atoms with Gasteiger partial charge in [-0.25, -0.2) is 5.43 Å². The monoisotopic (exact) mass is 258 g/mol. The van der Waals surface area contributed by atoms with E-state index >= 15 is 0 Å². The number of carbonyl (C=O) groups excluding carboxylic acids is 2. The third kappa shape index (κ3) is 2.85. The van der Waals surface area contributed by atoms with Gasteiger partial charge in [0, 0.05) is 13.1 Å². The maximum Gasteiger partial charge on any atom is 0.261 e. The van der Waals surface area contributed by atoms with Crippen LogP contribution in [-0.4, -0.2) is 23.7 Å². The summed E-state index contributed by atoms with van der Waals surface area (Å²) in [6, 6.07) is 9.17. The minimum Gasteiger partial charge on any atom is -0.274 e. The third-order valence-corrected chi connectivity index (χ3v) is 2.63. The minimum absolute atomic E-state index is 0.183. The second kappa shape index (κ2) is 5.43. The van der Waals surface area contributed by atoms with E-state index in [2.05, 4.69) is 15.6 Å². The van der Waals surface area contributed by atoms with Gasteiger partial charge in [0.1, 0.15) is 5.92 Å². The molecular formula is C13H14N4O2. The van der Waals surface area contributed by atoms with Crippen LogP contribution in [0.5, 0.6) is 0 Å². The van der Waals surface area contributed by atoms with Crippen LogP contribution in [0.2, 0.25) is 0 Å². The quantitative estimate of drug-likeness (QED) is 0.652. The lowest BCUT2D eigenvalue weighted by Crippen LogP contribution is -2.28. The van der Waals surface area contributed by atoms with Gasteiger partial charge in [-0.05, 0) is 19.1 Å². The fraction of sp³-hybridized carbons (Fsp3) is 0.231. The molecule has 2 rings (SSSR count). The first-order valence-corrected chi connectivity index (χ1v) is 5.83. The Morgan fingerprint density at radius 2 is 2.11 bits per heavy atom. The highest BCUT2D eigenvalue weighted by Crippen LogP contribution is 2.22. The molecule has 1 atom stereocenters. The van der Waals surface area contributed by atoms with Crippen molar-refractivity contribution in [2.24, 2.45) is 16.1 Å². The topological polar surface area (TPSA) is 74.1 Å². The van der Waals surface area contributed by atoms with Crippen LogP contribution >= 0.6 is 0 Å². The number of nitrogens with one attached hydrogen (secondary N) is 1. The Morgan fingerprint density at radius 3 is 2.74 bits per heavy atom. The average molecular weight is 258 g/mol. The van der Waals surface area contributed by atoms with Crippen molar-refractivity contribution >= 4 is 29.4 Å². The third-order valence-electron chi connectivity index (χ3n) is 2.63. The number of carbonyl (C=O) groups is 2. The maximum absolute atomic E-state index is 12.2. The van der Waals surface area contributed by atoms with E-state index in [1.807, 2.05) is 30.3 Å². The molecule has 0 radical (unpaired) electrons. The van der Waals surface area contributed by atoms with Gasteiger partial charge in [-0.2, -0.15) is 15.2 Å². The van der Waals surface area contributed by atoms with Gasteiger partial charge in [0.2, 0.25) is 5.91 Å². The number of hydrazone groups is 2. The van der Waals surface area contributed by atoms with Crippen LogP contribution in [0.3, 0.4) is 0 Å². The highest BCUT2D eigenvalue weighted by Gasteiger charge is 2.33. The first kappa shape index (κ1) is 12.9. The van der Waals surface area contributed by atoms with E-state index in [-0.39, 0.29) is 11.8 Å². The second-order valence-corrected chi connectivity index (χ2v) is 4.15. The summed E-state index contributed by atoms with van der Waals surface area (Å²) < 4.78 is 0. The zero-order valence-electron chi connectivity index (χ0n) is 10.7. The van der Waals surface area contributed by atoms with E-state index in [0.29, 0.717) is 11.4 Å². The fourth-order valence-corrected chi connectivity index (χ4v) is 1.71. The molecule has 6 nitrogen and oxygen atoms in total. The van der Waals surface area contributed by atoms with Gasteiger partial charge < -0.3 is 0 Å². The summed E-state index contributed by atoms with van der Waals surface area (Å²) >= 11 is 0. The second-order valence-electron chi connectivity index (χ2n) is 4.15. The van der Waals surface area contributed by atoms with Crippen LogP contribution in [0, 0.1) is 5.92 Å². The van der Waals surface area contributed by atoms with Gasteiger partial charge in [-0.1, -0.05) is 18.2 Å². The molecule has 1 aliphatic heterocycles. The van der Waals surface area contributed by atoms with Crippen LogP contribution in [0.15, 0.2) is 40.5 Å². The lowest BCUT2D eigenvalue weighted by molar-refractivity contribution is -0.119. The van der Waals surface area contributed by atoms with Gasteiger partial charge in [0.15, 0.2) is 0 Å². The molecule has 1 aromatic rings. The van der Waals surface area contributed by atoms with Gasteiger partial charge in [0.05, 0.1) is 11.4 Å². The summed E-state index contributed by atoms with van der Waals surface area (Å²) in [6.45, 7) is 3.11.